The molecule has 2 atom stereocenters. The van der Waals surface area contributed by atoms with E-state index in [4.69, 9.17) is 4.74 Å². The van der Waals surface area contributed by atoms with Gasteiger partial charge in [-0.3, -0.25) is 0 Å². The molecule has 0 bridgehead atoms. The normalized spacial score (nSPS) is 28.1. The predicted molar refractivity (Wildman–Crippen MR) is 65.0 cm³/mol. The molecule has 0 spiro atoms. The molecule has 100 valence electrons. The van der Waals surface area contributed by atoms with Gasteiger partial charge in [-0.05, 0) is 48.4 Å². The van der Waals surface area contributed by atoms with Gasteiger partial charge in [-0.2, -0.15) is 0 Å². The highest BCUT2D eigenvalue weighted by Gasteiger charge is 2.29. The average molecular weight is 252 g/mol. The molecule has 1 aliphatic rings. The molecule has 0 saturated heterocycles. The zero-order valence-electron chi connectivity index (χ0n) is 11.2. The first-order valence-corrected chi connectivity index (χ1v) is 6.56. The van der Waals surface area contributed by atoms with Gasteiger partial charge in [0.15, 0.2) is 0 Å². The van der Waals surface area contributed by atoms with Crippen LogP contribution in [0.5, 0.6) is 0 Å². The van der Waals surface area contributed by atoms with Crippen molar-refractivity contribution >= 4 is 5.97 Å². The molecule has 1 fully saturated rings. The zero-order chi connectivity index (χ0) is 13.1. The van der Waals surface area contributed by atoms with E-state index in [2.05, 4.69) is 29.4 Å². The summed E-state index contributed by atoms with van der Waals surface area (Å²) in [6, 6.07) is 0.207. The second kappa shape index (κ2) is 5.46. The van der Waals surface area contributed by atoms with E-state index in [9.17, 15) is 4.79 Å². The lowest BCUT2D eigenvalue weighted by atomic mass is 9.80. The van der Waals surface area contributed by atoms with Crippen LogP contribution in [0.25, 0.3) is 0 Å². The van der Waals surface area contributed by atoms with Crippen LogP contribution in [0.2, 0.25) is 0 Å². The maximum Gasteiger partial charge on any atom is 0.378 e. The summed E-state index contributed by atoms with van der Waals surface area (Å²) < 4.78 is 6.61. The summed E-state index contributed by atoms with van der Waals surface area (Å²) in [6.07, 6.45) is 3.26. The van der Waals surface area contributed by atoms with Crippen molar-refractivity contribution in [3.8, 4) is 0 Å². The fraction of sp³-hybridized carbons (Fsp3) is 0.833. The van der Waals surface area contributed by atoms with Crippen molar-refractivity contribution in [2.75, 3.05) is 6.61 Å². The number of esters is 1. The Hall–Kier alpha value is -1.46. The Morgan fingerprint density at radius 2 is 2.00 bits per heavy atom. The molecule has 0 N–H and O–H groups in total. The molecule has 0 radical (unpaired) electrons. The van der Waals surface area contributed by atoms with Gasteiger partial charge in [0.1, 0.15) is 0 Å². The Morgan fingerprint density at radius 3 is 2.61 bits per heavy atom. The van der Waals surface area contributed by atoms with Crippen molar-refractivity contribution in [2.24, 2.45) is 11.8 Å². The molecular formula is C12H20N4O2. The lowest BCUT2D eigenvalue weighted by Gasteiger charge is -2.31. The van der Waals surface area contributed by atoms with Gasteiger partial charge >= 0.3 is 5.97 Å². The van der Waals surface area contributed by atoms with Crippen LogP contribution in [-0.2, 0) is 4.74 Å². The number of carbonyl (C=O) groups is 1. The van der Waals surface area contributed by atoms with Gasteiger partial charge in [0.2, 0.25) is 0 Å². The van der Waals surface area contributed by atoms with Gasteiger partial charge in [-0.1, -0.05) is 13.8 Å². The van der Waals surface area contributed by atoms with Crippen LogP contribution >= 0.6 is 0 Å². The first kappa shape index (κ1) is 13.0. The molecule has 1 aliphatic carbocycles. The van der Waals surface area contributed by atoms with Crippen LogP contribution in [0.3, 0.4) is 0 Å². The number of aromatic nitrogens is 4. The Kier molecular flexibility index (Phi) is 3.93. The van der Waals surface area contributed by atoms with Crippen molar-refractivity contribution in [1.82, 2.24) is 20.2 Å². The second-order valence-corrected chi connectivity index (χ2v) is 5.24. The van der Waals surface area contributed by atoms with E-state index in [1.54, 1.807) is 11.6 Å². The third kappa shape index (κ3) is 2.68. The minimum atomic E-state index is -0.437. The van der Waals surface area contributed by atoms with Gasteiger partial charge in [-0.25, -0.2) is 9.48 Å². The number of carbonyl (C=O) groups excluding carboxylic acids is 1. The molecule has 1 saturated carbocycles. The molecule has 0 aliphatic heterocycles. The molecule has 1 aromatic heterocycles. The molecular weight excluding hydrogens is 232 g/mol. The molecule has 1 heterocycles. The van der Waals surface area contributed by atoms with E-state index in [0.29, 0.717) is 18.4 Å². The van der Waals surface area contributed by atoms with E-state index >= 15 is 0 Å². The molecule has 6 nitrogen and oxygen atoms in total. The summed E-state index contributed by atoms with van der Waals surface area (Å²) in [4.78, 5) is 11.7. The number of hydrogen-bond donors (Lipinski definition) is 0. The van der Waals surface area contributed by atoms with Crippen molar-refractivity contribution in [3.05, 3.63) is 5.82 Å². The maximum absolute atomic E-state index is 11.7. The minimum Gasteiger partial charge on any atom is -0.460 e. The van der Waals surface area contributed by atoms with Crippen molar-refractivity contribution in [3.63, 3.8) is 0 Å². The van der Waals surface area contributed by atoms with Crippen LogP contribution in [0.15, 0.2) is 0 Å². The van der Waals surface area contributed by atoms with Gasteiger partial charge in [0, 0.05) is 0 Å². The quantitative estimate of drug-likeness (QED) is 0.768. The minimum absolute atomic E-state index is 0.207. The summed E-state index contributed by atoms with van der Waals surface area (Å²) in [6.45, 7) is 6.58. The van der Waals surface area contributed by atoms with E-state index in [0.717, 1.165) is 12.8 Å². The molecule has 2 unspecified atom stereocenters. The van der Waals surface area contributed by atoms with E-state index < -0.39 is 5.97 Å². The Morgan fingerprint density at radius 1 is 1.33 bits per heavy atom. The molecule has 2 rings (SSSR count). The first-order chi connectivity index (χ1) is 8.61. The van der Waals surface area contributed by atoms with Crippen LogP contribution < -0.4 is 0 Å². The highest BCUT2D eigenvalue weighted by atomic mass is 16.5. The second-order valence-electron chi connectivity index (χ2n) is 5.24. The van der Waals surface area contributed by atoms with E-state index in [1.807, 2.05) is 0 Å². The first-order valence-electron chi connectivity index (χ1n) is 6.56. The predicted octanol–water partition coefficient (Wildman–Crippen LogP) is 1.85. The van der Waals surface area contributed by atoms with Crippen LogP contribution in [0.4, 0.5) is 0 Å². The number of hydrogen-bond acceptors (Lipinski definition) is 5. The summed E-state index contributed by atoms with van der Waals surface area (Å²) in [5.41, 5.74) is 0. The van der Waals surface area contributed by atoms with Crippen LogP contribution in [0.1, 0.15) is 56.7 Å². The highest BCUT2D eigenvalue weighted by molar-refractivity contribution is 5.85. The Balaban J connectivity index is 2.18. The van der Waals surface area contributed by atoms with Gasteiger partial charge in [0.25, 0.3) is 5.82 Å². The standard InChI is InChI=1S/C12H20N4O2/c1-4-18-12(17)11-13-14-15-16(11)10-6-8(2)5-9(3)7-10/h8-10H,4-7H2,1-3H3. The third-order valence-corrected chi connectivity index (χ3v) is 3.45. The summed E-state index contributed by atoms with van der Waals surface area (Å²) in [5.74, 6) is 1.06. The molecule has 0 amide bonds. The monoisotopic (exact) mass is 252 g/mol. The van der Waals surface area contributed by atoms with Gasteiger partial charge in [0.05, 0.1) is 12.6 Å². The number of ether oxygens (including phenoxy) is 1. The average Bonchev–Trinajstić information content (AvgIpc) is 2.76. The van der Waals surface area contributed by atoms with Gasteiger partial charge < -0.3 is 4.74 Å². The lowest BCUT2D eigenvalue weighted by molar-refractivity contribution is 0.0495. The van der Waals surface area contributed by atoms with Gasteiger partial charge in [-0.15, -0.1) is 5.10 Å². The summed E-state index contributed by atoms with van der Waals surface area (Å²) in [5, 5.41) is 11.4. The summed E-state index contributed by atoms with van der Waals surface area (Å²) in [7, 11) is 0. The summed E-state index contributed by atoms with van der Waals surface area (Å²) >= 11 is 0. The van der Waals surface area contributed by atoms with Crippen molar-refractivity contribution < 1.29 is 9.53 Å². The van der Waals surface area contributed by atoms with Crippen molar-refractivity contribution in [1.29, 1.82) is 0 Å². The molecule has 18 heavy (non-hydrogen) atoms. The zero-order valence-corrected chi connectivity index (χ0v) is 11.2. The number of nitrogens with zero attached hydrogens (tertiary/aromatic N) is 4. The maximum atomic E-state index is 11.7. The highest BCUT2D eigenvalue weighted by Crippen LogP contribution is 2.35. The SMILES string of the molecule is CCOC(=O)c1nnnn1C1CC(C)CC(C)C1. The molecule has 6 heteroatoms. The fourth-order valence-corrected chi connectivity index (χ4v) is 2.87. The Labute approximate surface area is 107 Å². The third-order valence-electron chi connectivity index (χ3n) is 3.45. The topological polar surface area (TPSA) is 69.9 Å². The molecule has 0 aromatic carbocycles. The smallest absolute Gasteiger partial charge is 0.378 e. The number of rotatable bonds is 3. The molecule has 1 aromatic rings. The Bertz CT molecular complexity index is 408. The largest absolute Gasteiger partial charge is 0.460 e. The number of tetrazole rings is 1. The lowest BCUT2D eigenvalue weighted by Crippen LogP contribution is -2.26. The van der Waals surface area contributed by atoms with E-state index in [1.165, 1.54) is 6.42 Å². The fourth-order valence-electron chi connectivity index (χ4n) is 2.87. The van der Waals surface area contributed by atoms with E-state index in [-0.39, 0.29) is 11.9 Å². The van der Waals surface area contributed by atoms with Crippen LogP contribution in [-0.4, -0.2) is 32.8 Å². The van der Waals surface area contributed by atoms with Crippen molar-refractivity contribution in [2.45, 2.75) is 46.1 Å². The van der Waals surface area contributed by atoms with Crippen LogP contribution in [0, 0.1) is 11.8 Å².